The molecule has 0 radical (unpaired) electrons. The lowest BCUT2D eigenvalue weighted by Gasteiger charge is -2.07. The van der Waals surface area contributed by atoms with E-state index in [-0.39, 0.29) is 17.9 Å². The number of rotatable bonds is 4. The highest BCUT2D eigenvalue weighted by Gasteiger charge is 2.11. The van der Waals surface area contributed by atoms with Crippen LogP contribution in [0, 0.1) is 0 Å². The third-order valence-corrected chi connectivity index (χ3v) is 2.03. The maximum atomic E-state index is 10.7. The molecule has 0 fully saturated rings. The first-order chi connectivity index (χ1) is 6.74. The maximum absolute atomic E-state index is 10.7. The summed E-state index contributed by atoms with van der Waals surface area (Å²) in [6.07, 6.45) is 3.44. The minimum absolute atomic E-state index is 0.103. The van der Waals surface area contributed by atoms with Gasteiger partial charge in [-0.25, -0.2) is 0 Å². The second-order valence-electron chi connectivity index (χ2n) is 3.02. The van der Waals surface area contributed by atoms with E-state index in [9.17, 15) is 9.90 Å². The third-order valence-electron chi connectivity index (χ3n) is 2.03. The molecule has 0 spiro atoms. The Hall–Kier alpha value is -1.42. The number of aldehydes is 1. The molecule has 0 amide bonds. The highest BCUT2D eigenvalue weighted by atomic mass is 16.3. The summed E-state index contributed by atoms with van der Waals surface area (Å²) in [4.78, 5) is 14.6. The van der Waals surface area contributed by atoms with E-state index in [0.717, 1.165) is 6.42 Å². The van der Waals surface area contributed by atoms with E-state index < -0.39 is 0 Å². The average molecular weight is 195 g/mol. The highest BCUT2D eigenvalue weighted by molar-refractivity contribution is 5.81. The Morgan fingerprint density at radius 3 is 2.79 bits per heavy atom. The van der Waals surface area contributed by atoms with Gasteiger partial charge < -0.3 is 10.2 Å². The van der Waals surface area contributed by atoms with Crippen molar-refractivity contribution < 1.29 is 15.0 Å². The quantitative estimate of drug-likeness (QED) is 0.704. The molecule has 0 aromatic carbocycles. The summed E-state index contributed by atoms with van der Waals surface area (Å²) in [5.74, 6) is -0.103. The minimum Gasteiger partial charge on any atom is -0.505 e. The van der Waals surface area contributed by atoms with E-state index in [2.05, 4.69) is 4.98 Å². The van der Waals surface area contributed by atoms with Gasteiger partial charge in [-0.05, 0) is 6.42 Å². The monoisotopic (exact) mass is 195 g/mol. The molecule has 0 atom stereocenters. The Kier molecular flexibility index (Phi) is 3.59. The molecule has 1 heterocycles. The minimum atomic E-state index is -0.291. The fraction of sp³-hybridized carbons (Fsp3) is 0.400. The van der Waals surface area contributed by atoms with Gasteiger partial charge in [-0.15, -0.1) is 0 Å². The molecule has 1 rings (SSSR count). The summed E-state index contributed by atoms with van der Waals surface area (Å²) in [6, 6.07) is 0. The van der Waals surface area contributed by atoms with Gasteiger partial charge in [0.2, 0.25) is 0 Å². The van der Waals surface area contributed by atoms with Gasteiger partial charge in [-0.3, -0.25) is 9.78 Å². The summed E-state index contributed by atoms with van der Waals surface area (Å²) < 4.78 is 0. The molecule has 4 nitrogen and oxygen atoms in total. The molecule has 0 aliphatic heterocycles. The second kappa shape index (κ2) is 4.72. The second-order valence-corrected chi connectivity index (χ2v) is 3.02. The van der Waals surface area contributed by atoms with Crippen molar-refractivity contribution in [1.82, 2.24) is 4.98 Å². The van der Waals surface area contributed by atoms with Crippen molar-refractivity contribution in [3.8, 4) is 5.75 Å². The van der Waals surface area contributed by atoms with Crippen molar-refractivity contribution in [2.75, 3.05) is 0 Å². The van der Waals surface area contributed by atoms with Crippen molar-refractivity contribution >= 4 is 6.29 Å². The van der Waals surface area contributed by atoms with Crippen molar-refractivity contribution in [1.29, 1.82) is 0 Å². The Balaban J connectivity index is 3.20. The van der Waals surface area contributed by atoms with Gasteiger partial charge in [0.15, 0.2) is 6.29 Å². The van der Waals surface area contributed by atoms with Gasteiger partial charge >= 0.3 is 0 Å². The van der Waals surface area contributed by atoms with Gasteiger partial charge in [0, 0.05) is 11.8 Å². The van der Waals surface area contributed by atoms with Gasteiger partial charge in [0.1, 0.15) is 5.75 Å². The number of carbonyl (C=O) groups excluding carboxylic acids is 1. The lowest BCUT2D eigenvalue weighted by Crippen LogP contribution is -1.99. The lowest BCUT2D eigenvalue weighted by molar-refractivity contribution is 0.111. The van der Waals surface area contributed by atoms with E-state index in [4.69, 9.17) is 5.11 Å². The normalized spacial score (nSPS) is 10.1. The van der Waals surface area contributed by atoms with Crippen molar-refractivity contribution in [2.24, 2.45) is 0 Å². The number of aliphatic hydroxyl groups is 1. The highest BCUT2D eigenvalue weighted by Crippen LogP contribution is 2.23. The summed E-state index contributed by atoms with van der Waals surface area (Å²) in [6.45, 7) is 1.67. The number of hydrogen-bond acceptors (Lipinski definition) is 4. The lowest BCUT2D eigenvalue weighted by atomic mass is 10.1. The molecule has 0 bridgehead atoms. The van der Waals surface area contributed by atoms with Gasteiger partial charge in [0.25, 0.3) is 0 Å². The van der Waals surface area contributed by atoms with Gasteiger partial charge in [0.05, 0.1) is 17.9 Å². The number of aromatic hydroxyl groups is 1. The van der Waals surface area contributed by atoms with Crippen molar-refractivity contribution in [3.63, 3.8) is 0 Å². The molecule has 76 valence electrons. The van der Waals surface area contributed by atoms with Crippen LogP contribution in [0.1, 0.15) is 35.0 Å². The number of carbonyl (C=O) groups is 1. The number of aliphatic hydroxyl groups excluding tert-OH is 1. The summed E-state index contributed by atoms with van der Waals surface area (Å²) in [5.41, 5.74) is 1.01. The number of aryl methyl sites for hydroxylation is 1. The number of pyridine rings is 1. The molecule has 1 aromatic rings. The summed E-state index contributed by atoms with van der Waals surface area (Å²) in [5, 5.41) is 18.5. The van der Waals surface area contributed by atoms with E-state index >= 15 is 0 Å². The Morgan fingerprint density at radius 2 is 2.29 bits per heavy atom. The Bertz CT molecular complexity index is 336. The van der Waals surface area contributed by atoms with Gasteiger partial charge in [-0.2, -0.15) is 0 Å². The third kappa shape index (κ3) is 1.90. The van der Waals surface area contributed by atoms with E-state index in [1.165, 1.54) is 6.20 Å². The first-order valence-electron chi connectivity index (χ1n) is 4.50. The zero-order chi connectivity index (χ0) is 10.6. The van der Waals surface area contributed by atoms with Gasteiger partial charge in [-0.1, -0.05) is 13.3 Å². The van der Waals surface area contributed by atoms with Crippen LogP contribution in [0.2, 0.25) is 0 Å². The number of hydrogen-bond donors (Lipinski definition) is 2. The predicted octanol–water partition coefficient (Wildman–Crippen LogP) is 1.04. The molecule has 4 heteroatoms. The van der Waals surface area contributed by atoms with E-state index in [1.807, 2.05) is 6.92 Å². The van der Waals surface area contributed by atoms with Crippen LogP contribution in [-0.4, -0.2) is 21.5 Å². The summed E-state index contributed by atoms with van der Waals surface area (Å²) >= 11 is 0. The molecule has 0 unspecified atom stereocenters. The maximum Gasteiger partial charge on any atom is 0.154 e. The zero-order valence-corrected chi connectivity index (χ0v) is 8.03. The van der Waals surface area contributed by atoms with Crippen LogP contribution in [-0.2, 0) is 13.0 Å². The predicted molar refractivity (Wildman–Crippen MR) is 51.2 cm³/mol. The Labute approximate surface area is 82.2 Å². The standard InChI is InChI=1S/C10H13NO3/c1-2-3-9-10(14)8(6-13)7(5-12)4-11-9/h4,6,12,14H,2-3,5H2,1H3. The number of nitrogens with zero attached hydrogens (tertiary/aromatic N) is 1. The first-order valence-corrected chi connectivity index (χ1v) is 4.50. The molecule has 0 aliphatic carbocycles. The molecule has 0 saturated carbocycles. The fourth-order valence-electron chi connectivity index (χ4n) is 1.27. The van der Waals surface area contributed by atoms with E-state index in [1.54, 1.807) is 0 Å². The largest absolute Gasteiger partial charge is 0.505 e. The fourth-order valence-corrected chi connectivity index (χ4v) is 1.27. The van der Waals surface area contributed by atoms with Crippen molar-refractivity contribution in [2.45, 2.75) is 26.4 Å². The molecule has 14 heavy (non-hydrogen) atoms. The van der Waals surface area contributed by atoms with Crippen LogP contribution in [0.3, 0.4) is 0 Å². The van der Waals surface area contributed by atoms with Crippen molar-refractivity contribution in [3.05, 3.63) is 23.0 Å². The Morgan fingerprint density at radius 1 is 1.57 bits per heavy atom. The zero-order valence-electron chi connectivity index (χ0n) is 8.03. The molecule has 0 aliphatic rings. The SMILES string of the molecule is CCCc1ncc(CO)c(C=O)c1O. The molecular weight excluding hydrogens is 182 g/mol. The topological polar surface area (TPSA) is 70.4 Å². The molecule has 0 saturated heterocycles. The van der Waals surface area contributed by atoms with Crippen LogP contribution in [0.4, 0.5) is 0 Å². The van der Waals surface area contributed by atoms with Crippen LogP contribution in [0.15, 0.2) is 6.20 Å². The average Bonchev–Trinajstić information content (AvgIpc) is 2.21. The van der Waals surface area contributed by atoms with Crippen LogP contribution < -0.4 is 0 Å². The first kappa shape index (κ1) is 10.7. The van der Waals surface area contributed by atoms with Crippen LogP contribution in [0.5, 0.6) is 5.75 Å². The number of aromatic nitrogens is 1. The molecule has 2 N–H and O–H groups in total. The molecule has 1 aromatic heterocycles. The van der Waals surface area contributed by atoms with E-state index in [0.29, 0.717) is 24.0 Å². The molecular formula is C10H13NO3. The smallest absolute Gasteiger partial charge is 0.154 e. The van der Waals surface area contributed by atoms with Crippen LogP contribution in [0.25, 0.3) is 0 Å². The van der Waals surface area contributed by atoms with Crippen LogP contribution >= 0.6 is 0 Å². The summed E-state index contributed by atoms with van der Waals surface area (Å²) in [7, 11) is 0.